The number of aliphatic carboxylic acids is 3. The number of hydrogen-bond donors (Lipinski definition) is 14. The van der Waals surface area contributed by atoms with Crippen LogP contribution < -0.4 is 59.7 Å². The summed E-state index contributed by atoms with van der Waals surface area (Å²) in [7, 11) is 0. The first-order valence-electron chi connectivity index (χ1n) is 19.2. The van der Waals surface area contributed by atoms with E-state index in [1.54, 1.807) is 13.8 Å². The molecule has 26 nitrogen and oxygen atoms in total. The number of rotatable bonds is 30. The van der Waals surface area contributed by atoms with Gasteiger partial charge in [0.2, 0.25) is 53.2 Å². The van der Waals surface area contributed by atoms with E-state index in [9.17, 15) is 67.7 Å². The fourth-order valence-corrected chi connectivity index (χ4v) is 4.97. The van der Waals surface area contributed by atoms with Gasteiger partial charge < -0.3 is 75.1 Å². The van der Waals surface area contributed by atoms with Gasteiger partial charge >= 0.3 is 17.9 Å². The molecule has 0 spiro atoms. The van der Waals surface area contributed by atoms with Crippen LogP contribution in [0.25, 0.3) is 0 Å². The van der Waals surface area contributed by atoms with Gasteiger partial charge in [-0.25, -0.2) is 4.79 Å². The number of nitrogens with one attached hydrogen (secondary N) is 8. The second-order valence-electron chi connectivity index (χ2n) is 14.2. The number of unbranched alkanes of at least 4 members (excludes halogenated alkanes) is 1. The SMILES string of the molecule is CC(C)[C@H](N)C(=O)N[C@@H](CCC(=O)O)C(=O)N[C@@H](C)C(=O)NCC(=O)N[C@@H](CCC(=O)O)C(=O)N[C@@H](CC(N)=O)C(=O)N[C@@H](C)C(=O)NCC(=O)N[C@@H](CCCCN)C(=O)O. The van der Waals surface area contributed by atoms with Crippen molar-refractivity contribution in [3.05, 3.63) is 0 Å². The van der Waals surface area contributed by atoms with E-state index in [0.29, 0.717) is 19.4 Å². The van der Waals surface area contributed by atoms with Crippen molar-refractivity contribution in [2.75, 3.05) is 19.6 Å². The second-order valence-corrected chi connectivity index (χ2v) is 14.2. The molecule has 61 heavy (non-hydrogen) atoms. The van der Waals surface area contributed by atoms with Crippen molar-refractivity contribution in [2.45, 2.75) is 121 Å². The van der Waals surface area contributed by atoms with Crippen LogP contribution in [0.4, 0.5) is 0 Å². The van der Waals surface area contributed by atoms with Gasteiger partial charge in [-0.05, 0) is 58.4 Å². The number of carbonyl (C=O) groups is 12. The normalized spacial score (nSPS) is 14.2. The molecule has 26 heteroatoms. The second kappa shape index (κ2) is 28.1. The number of hydrogen-bond acceptors (Lipinski definition) is 14. The van der Waals surface area contributed by atoms with Gasteiger partial charge in [0, 0.05) is 12.8 Å². The molecule has 0 aliphatic heterocycles. The number of primary amides is 1. The summed E-state index contributed by atoms with van der Waals surface area (Å²) in [5.74, 6) is -13.1. The van der Waals surface area contributed by atoms with Gasteiger partial charge in [-0.2, -0.15) is 0 Å². The number of nitrogens with two attached hydrogens (primary N) is 3. The van der Waals surface area contributed by atoms with E-state index in [2.05, 4.69) is 42.5 Å². The van der Waals surface area contributed by atoms with Crippen molar-refractivity contribution >= 4 is 71.1 Å². The highest BCUT2D eigenvalue weighted by atomic mass is 16.4. The first-order valence-corrected chi connectivity index (χ1v) is 19.2. The molecule has 0 saturated carbocycles. The highest BCUT2D eigenvalue weighted by Gasteiger charge is 2.31. The Bertz CT molecular complexity index is 1610. The summed E-state index contributed by atoms with van der Waals surface area (Å²) < 4.78 is 0. The fourth-order valence-electron chi connectivity index (χ4n) is 4.97. The van der Waals surface area contributed by atoms with Crippen LogP contribution in [0.15, 0.2) is 0 Å². The molecule has 0 aliphatic carbocycles. The molecule has 0 saturated heterocycles. The summed E-state index contributed by atoms with van der Waals surface area (Å²) in [5, 5.41) is 45.4. The third-order valence-electron chi connectivity index (χ3n) is 8.57. The summed E-state index contributed by atoms with van der Waals surface area (Å²) in [6.45, 7) is 4.49. The predicted molar refractivity (Wildman–Crippen MR) is 210 cm³/mol. The minimum Gasteiger partial charge on any atom is -0.481 e. The standard InChI is InChI=1S/C35H59N11O15/c1-16(2)28(38)34(59)45-20(9-11-27(52)53)31(56)41-17(3)29(54)39-14-24(48)43-19(8-10-26(50)51)32(57)46-22(13-23(37)47)33(58)42-18(4)30(55)40-15-25(49)44-21(35(60)61)7-5-6-12-36/h16-22,28H,5-15,36,38H2,1-4H3,(H2,37,47)(H,39,54)(H,40,55)(H,41,56)(H,42,58)(H,43,48)(H,44,49)(H,45,59)(H,46,57)(H,50,51)(H,52,53)(H,60,61)/t17-,18-,19-,20-,21-,22-,28-/m0/s1. The van der Waals surface area contributed by atoms with Crippen molar-refractivity contribution in [3.8, 4) is 0 Å². The van der Waals surface area contributed by atoms with Crippen LogP contribution in [-0.4, -0.2) is 148 Å². The van der Waals surface area contributed by atoms with E-state index in [4.69, 9.17) is 22.3 Å². The van der Waals surface area contributed by atoms with Crippen LogP contribution in [0.3, 0.4) is 0 Å². The molecule has 0 bridgehead atoms. The van der Waals surface area contributed by atoms with Crippen molar-refractivity contribution in [3.63, 3.8) is 0 Å². The lowest BCUT2D eigenvalue weighted by atomic mass is 10.0. The Kier molecular flexibility index (Phi) is 25.1. The van der Waals surface area contributed by atoms with Crippen LogP contribution in [0.5, 0.6) is 0 Å². The summed E-state index contributed by atoms with van der Waals surface area (Å²) in [4.78, 5) is 148. The molecule has 0 fully saturated rings. The molecule has 0 heterocycles. The molecule has 0 radical (unpaired) electrons. The van der Waals surface area contributed by atoms with Crippen LogP contribution in [0.2, 0.25) is 0 Å². The van der Waals surface area contributed by atoms with Gasteiger partial charge in [0.1, 0.15) is 36.3 Å². The van der Waals surface area contributed by atoms with Crippen LogP contribution >= 0.6 is 0 Å². The Balaban J connectivity index is 5.58. The van der Waals surface area contributed by atoms with Crippen molar-refractivity contribution in [1.82, 2.24) is 42.5 Å². The Morgan fingerprint density at radius 3 is 1.33 bits per heavy atom. The number of carboxylic acids is 3. The van der Waals surface area contributed by atoms with E-state index in [0.717, 1.165) is 0 Å². The summed E-state index contributed by atoms with van der Waals surface area (Å²) in [5.41, 5.74) is 16.4. The van der Waals surface area contributed by atoms with E-state index in [-0.39, 0.29) is 18.8 Å². The topological polar surface area (TPSA) is 440 Å². The molecular weight excluding hydrogens is 814 g/mol. The van der Waals surface area contributed by atoms with Gasteiger partial charge in [-0.15, -0.1) is 0 Å². The number of carboxylic acid groups (broad SMARTS) is 3. The minimum absolute atomic E-state index is 0.0863. The first-order chi connectivity index (χ1) is 28.4. The molecule has 0 aromatic carbocycles. The lowest BCUT2D eigenvalue weighted by Gasteiger charge is -2.24. The monoisotopic (exact) mass is 873 g/mol. The molecule has 17 N–H and O–H groups in total. The maximum Gasteiger partial charge on any atom is 0.326 e. The largest absolute Gasteiger partial charge is 0.481 e. The summed E-state index contributed by atoms with van der Waals surface area (Å²) >= 11 is 0. The highest BCUT2D eigenvalue weighted by molar-refractivity contribution is 5.98. The predicted octanol–water partition coefficient (Wildman–Crippen LogP) is -6.03. The fraction of sp³-hybridized carbons (Fsp3) is 0.657. The van der Waals surface area contributed by atoms with Gasteiger partial charge in [-0.3, -0.25) is 52.7 Å². The zero-order valence-electron chi connectivity index (χ0n) is 34.4. The molecule has 344 valence electrons. The van der Waals surface area contributed by atoms with E-state index in [1.165, 1.54) is 13.8 Å². The van der Waals surface area contributed by atoms with E-state index < -0.39 is 152 Å². The molecule has 0 aliphatic rings. The summed E-state index contributed by atoms with van der Waals surface area (Å²) in [6, 6.07) is -9.87. The maximum atomic E-state index is 13.3. The van der Waals surface area contributed by atoms with Crippen LogP contribution in [0.1, 0.15) is 79.1 Å². The van der Waals surface area contributed by atoms with Crippen LogP contribution in [-0.2, 0) is 57.5 Å². The molecular formula is C35H59N11O15. The molecule has 0 aromatic rings. The Morgan fingerprint density at radius 2 is 0.918 bits per heavy atom. The third kappa shape index (κ3) is 23.1. The zero-order chi connectivity index (χ0) is 47.0. The van der Waals surface area contributed by atoms with Crippen molar-refractivity contribution in [2.24, 2.45) is 23.1 Å². The van der Waals surface area contributed by atoms with E-state index >= 15 is 0 Å². The lowest BCUT2D eigenvalue weighted by molar-refractivity contribution is -0.142. The maximum absolute atomic E-state index is 13.3. The molecule has 9 amide bonds. The lowest BCUT2D eigenvalue weighted by Crippen LogP contribution is -2.58. The van der Waals surface area contributed by atoms with Crippen molar-refractivity contribution in [1.29, 1.82) is 0 Å². The summed E-state index contributed by atoms with van der Waals surface area (Å²) in [6.07, 6.45) is -1.92. The molecule has 0 aromatic heterocycles. The average Bonchev–Trinajstić information content (AvgIpc) is 3.17. The minimum atomic E-state index is -1.77. The van der Waals surface area contributed by atoms with Gasteiger partial charge in [0.25, 0.3) is 0 Å². The van der Waals surface area contributed by atoms with E-state index in [1.807, 2.05) is 0 Å². The van der Waals surface area contributed by atoms with Gasteiger partial charge in [0.15, 0.2) is 0 Å². The van der Waals surface area contributed by atoms with Gasteiger partial charge in [-0.1, -0.05) is 13.8 Å². The number of carbonyl (C=O) groups excluding carboxylic acids is 9. The van der Waals surface area contributed by atoms with Crippen molar-refractivity contribution < 1.29 is 72.9 Å². The number of amides is 9. The highest BCUT2D eigenvalue weighted by Crippen LogP contribution is 2.05. The Morgan fingerprint density at radius 1 is 0.508 bits per heavy atom. The van der Waals surface area contributed by atoms with Crippen LogP contribution in [0, 0.1) is 5.92 Å². The zero-order valence-corrected chi connectivity index (χ0v) is 34.4. The Labute approximate surface area is 350 Å². The third-order valence-corrected chi connectivity index (χ3v) is 8.57. The molecule has 0 unspecified atom stereocenters. The quantitative estimate of drug-likeness (QED) is 0.0299. The average molecular weight is 874 g/mol. The molecule has 7 atom stereocenters. The van der Waals surface area contributed by atoms with Gasteiger partial charge in [0.05, 0.1) is 25.6 Å². The smallest absolute Gasteiger partial charge is 0.326 e. The Hall–Kier alpha value is -6.44. The molecule has 0 rings (SSSR count). The first kappa shape index (κ1) is 54.6.